The number of hydrogen-bond acceptors (Lipinski definition) is 4. The highest BCUT2D eigenvalue weighted by molar-refractivity contribution is 5.59. The van der Waals surface area contributed by atoms with Crippen molar-refractivity contribution in [3.8, 4) is 17.0 Å². The summed E-state index contributed by atoms with van der Waals surface area (Å²) in [5, 5.41) is 12.6. The average molecular weight is 297 g/mol. The van der Waals surface area contributed by atoms with Gasteiger partial charge in [0.15, 0.2) is 0 Å². The van der Waals surface area contributed by atoms with E-state index in [2.05, 4.69) is 22.3 Å². The molecule has 0 atom stereocenters. The van der Waals surface area contributed by atoms with E-state index >= 15 is 0 Å². The number of rotatable bonds is 7. The van der Waals surface area contributed by atoms with Gasteiger partial charge in [-0.2, -0.15) is 5.10 Å². The monoisotopic (exact) mass is 297 g/mol. The summed E-state index contributed by atoms with van der Waals surface area (Å²) in [4.78, 5) is 0. The lowest BCUT2D eigenvalue weighted by atomic mass is 10.1. The van der Waals surface area contributed by atoms with Gasteiger partial charge in [-0.05, 0) is 24.6 Å². The highest BCUT2D eigenvalue weighted by Crippen LogP contribution is 2.21. The zero-order valence-corrected chi connectivity index (χ0v) is 12.6. The van der Waals surface area contributed by atoms with Crippen LogP contribution in [0.4, 0.5) is 0 Å². The van der Waals surface area contributed by atoms with E-state index < -0.39 is 0 Å². The number of benzene rings is 1. The van der Waals surface area contributed by atoms with Crippen LogP contribution in [0.1, 0.15) is 13.3 Å². The first kappa shape index (κ1) is 14.3. The van der Waals surface area contributed by atoms with E-state index in [1.165, 1.54) is 0 Å². The van der Waals surface area contributed by atoms with Crippen LogP contribution in [0.15, 0.2) is 48.9 Å². The molecule has 114 valence electrons. The van der Waals surface area contributed by atoms with Gasteiger partial charge in [0.1, 0.15) is 11.4 Å². The topological polar surface area (TPSA) is 57.8 Å². The maximum absolute atomic E-state index is 5.65. The van der Waals surface area contributed by atoms with Gasteiger partial charge < -0.3 is 4.74 Å². The summed E-state index contributed by atoms with van der Waals surface area (Å²) < 4.78 is 9.36. The van der Waals surface area contributed by atoms with Crippen molar-refractivity contribution in [1.29, 1.82) is 0 Å². The highest BCUT2D eigenvalue weighted by Gasteiger charge is 2.05. The van der Waals surface area contributed by atoms with Gasteiger partial charge in [0.25, 0.3) is 0 Å². The minimum Gasteiger partial charge on any atom is -0.494 e. The predicted octanol–water partition coefficient (Wildman–Crippen LogP) is 2.63. The second-order valence-electron chi connectivity index (χ2n) is 5.01. The molecular weight excluding hydrogens is 278 g/mol. The molecule has 0 aliphatic carbocycles. The van der Waals surface area contributed by atoms with Crippen LogP contribution < -0.4 is 4.74 Å². The number of aryl methyl sites for hydroxylation is 2. The Bertz CT molecular complexity index is 705. The Morgan fingerprint density at radius 2 is 2.05 bits per heavy atom. The molecule has 0 radical (unpaired) electrons. The number of hydrogen-bond donors (Lipinski definition) is 0. The van der Waals surface area contributed by atoms with Crippen LogP contribution in [0.25, 0.3) is 11.3 Å². The lowest BCUT2D eigenvalue weighted by molar-refractivity contribution is 0.317. The molecule has 6 heteroatoms. The van der Waals surface area contributed by atoms with Crippen molar-refractivity contribution in [1.82, 2.24) is 24.8 Å². The van der Waals surface area contributed by atoms with Gasteiger partial charge in [-0.25, -0.2) is 0 Å². The molecule has 0 aliphatic heterocycles. The molecule has 1 aromatic carbocycles. The first-order valence-electron chi connectivity index (χ1n) is 7.46. The molecule has 0 unspecified atom stereocenters. The van der Waals surface area contributed by atoms with Gasteiger partial charge in [0.05, 0.1) is 25.9 Å². The van der Waals surface area contributed by atoms with Crippen LogP contribution in [0.3, 0.4) is 0 Å². The normalized spacial score (nSPS) is 10.8. The van der Waals surface area contributed by atoms with E-state index in [9.17, 15) is 0 Å². The lowest BCUT2D eigenvalue weighted by Gasteiger charge is -2.05. The minimum absolute atomic E-state index is 0.722. The van der Waals surface area contributed by atoms with Crippen molar-refractivity contribution in [2.75, 3.05) is 6.61 Å². The Kier molecular flexibility index (Phi) is 4.48. The van der Waals surface area contributed by atoms with Gasteiger partial charge in [0, 0.05) is 18.0 Å². The van der Waals surface area contributed by atoms with E-state index in [0.29, 0.717) is 0 Å². The second kappa shape index (κ2) is 6.89. The summed E-state index contributed by atoms with van der Waals surface area (Å²) in [5.41, 5.74) is 1.86. The second-order valence-corrected chi connectivity index (χ2v) is 5.01. The molecule has 3 rings (SSSR count). The van der Waals surface area contributed by atoms with Crippen molar-refractivity contribution in [2.24, 2.45) is 0 Å². The molecule has 2 heterocycles. The lowest BCUT2D eigenvalue weighted by Crippen LogP contribution is -2.08. The fourth-order valence-electron chi connectivity index (χ4n) is 2.14. The van der Waals surface area contributed by atoms with E-state index in [0.717, 1.165) is 43.1 Å². The quantitative estimate of drug-likeness (QED) is 0.672. The summed E-state index contributed by atoms with van der Waals surface area (Å²) >= 11 is 0. The van der Waals surface area contributed by atoms with Gasteiger partial charge in [-0.1, -0.05) is 24.3 Å². The fraction of sp³-hybridized carbons (Fsp3) is 0.312. The maximum atomic E-state index is 5.65. The first-order chi connectivity index (χ1) is 10.8. The molecule has 3 aromatic rings. The Balaban J connectivity index is 1.67. The zero-order valence-electron chi connectivity index (χ0n) is 12.6. The van der Waals surface area contributed by atoms with Crippen LogP contribution in [0, 0.1) is 0 Å². The molecule has 0 amide bonds. The van der Waals surface area contributed by atoms with Crippen molar-refractivity contribution >= 4 is 0 Å². The number of aromatic nitrogens is 5. The molecule has 6 nitrogen and oxygen atoms in total. The van der Waals surface area contributed by atoms with Crippen LogP contribution in [-0.4, -0.2) is 31.4 Å². The fourth-order valence-corrected chi connectivity index (χ4v) is 2.14. The van der Waals surface area contributed by atoms with Crippen molar-refractivity contribution < 1.29 is 4.74 Å². The van der Waals surface area contributed by atoms with Gasteiger partial charge in [-0.15, -0.1) is 5.10 Å². The maximum Gasteiger partial charge on any atom is 0.119 e. The van der Waals surface area contributed by atoms with Gasteiger partial charge in [0.2, 0.25) is 0 Å². The third-order valence-corrected chi connectivity index (χ3v) is 3.26. The largest absolute Gasteiger partial charge is 0.494 e. The molecule has 0 saturated heterocycles. The summed E-state index contributed by atoms with van der Waals surface area (Å²) in [5.74, 6) is 0.866. The molecule has 22 heavy (non-hydrogen) atoms. The van der Waals surface area contributed by atoms with E-state index in [-0.39, 0.29) is 0 Å². The molecule has 0 spiro atoms. The molecule has 2 aromatic heterocycles. The Labute approximate surface area is 129 Å². The Morgan fingerprint density at radius 3 is 2.86 bits per heavy atom. The first-order valence-corrected chi connectivity index (χ1v) is 7.46. The molecular formula is C16H19N5O. The van der Waals surface area contributed by atoms with Crippen molar-refractivity contribution in [2.45, 2.75) is 26.4 Å². The van der Waals surface area contributed by atoms with E-state index in [4.69, 9.17) is 4.74 Å². The predicted molar refractivity (Wildman–Crippen MR) is 83.5 cm³/mol. The number of ether oxygens (including phenoxy) is 1. The minimum atomic E-state index is 0.722. The molecule has 0 fully saturated rings. The summed E-state index contributed by atoms with van der Waals surface area (Å²) in [7, 11) is 0. The van der Waals surface area contributed by atoms with Crippen LogP contribution in [0.2, 0.25) is 0 Å². The smallest absolute Gasteiger partial charge is 0.119 e. The SMILES string of the molecule is CCCOc1cccc(-c2cn(CCn3cccn3)nn2)c1. The van der Waals surface area contributed by atoms with Gasteiger partial charge in [-0.3, -0.25) is 9.36 Å². The van der Waals surface area contributed by atoms with E-state index in [1.807, 2.05) is 52.1 Å². The van der Waals surface area contributed by atoms with Crippen LogP contribution >= 0.6 is 0 Å². The Hall–Kier alpha value is -2.63. The Morgan fingerprint density at radius 1 is 1.14 bits per heavy atom. The van der Waals surface area contributed by atoms with E-state index in [1.54, 1.807) is 6.20 Å². The molecule has 0 saturated carbocycles. The van der Waals surface area contributed by atoms with Crippen LogP contribution in [0.5, 0.6) is 5.75 Å². The average Bonchev–Trinajstić information content (AvgIpc) is 3.22. The highest BCUT2D eigenvalue weighted by atomic mass is 16.5. The molecule has 0 N–H and O–H groups in total. The summed E-state index contributed by atoms with van der Waals surface area (Å²) in [6.45, 7) is 4.32. The third-order valence-electron chi connectivity index (χ3n) is 3.26. The summed E-state index contributed by atoms with van der Waals surface area (Å²) in [6, 6.07) is 9.86. The van der Waals surface area contributed by atoms with Crippen molar-refractivity contribution in [3.05, 3.63) is 48.9 Å². The van der Waals surface area contributed by atoms with Crippen LogP contribution in [-0.2, 0) is 13.1 Å². The van der Waals surface area contributed by atoms with Gasteiger partial charge >= 0.3 is 0 Å². The summed E-state index contributed by atoms with van der Waals surface area (Å²) in [6.07, 6.45) is 6.65. The standard InChI is InChI=1S/C16H19N5O/c1-2-11-22-15-6-3-5-14(12-15)16-13-21(19-18-16)10-9-20-8-4-7-17-20/h3-8,12-13H,2,9-11H2,1H3. The molecule has 0 aliphatic rings. The molecule has 0 bridgehead atoms. The van der Waals surface area contributed by atoms with Crippen molar-refractivity contribution in [3.63, 3.8) is 0 Å². The third kappa shape index (κ3) is 3.52. The zero-order chi connectivity index (χ0) is 15.2. The number of nitrogens with zero attached hydrogens (tertiary/aromatic N) is 5.